The largest absolute Gasteiger partial charge is 0.376 e. The summed E-state index contributed by atoms with van der Waals surface area (Å²) in [4.78, 5) is 35.4. The highest BCUT2D eigenvalue weighted by Gasteiger charge is 2.37. The van der Waals surface area contributed by atoms with E-state index in [1.165, 1.54) is 18.2 Å². The van der Waals surface area contributed by atoms with E-state index in [1.807, 2.05) is 0 Å². The number of benzene rings is 1. The van der Waals surface area contributed by atoms with E-state index >= 15 is 0 Å². The molecule has 7 nitrogen and oxygen atoms in total. The van der Waals surface area contributed by atoms with Crippen molar-refractivity contribution in [2.24, 2.45) is 5.92 Å². The number of nitrogens with zero attached hydrogens (tertiary/aromatic N) is 2. The van der Waals surface area contributed by atoms with Crippen LogP contribution in [0.25, 0.3) is 0 Å². The summed E-state index contributed by atoms with van der Waals surface area (Å²) in [6.07, 6.45) is 1.70. The molecule has 1 N–H and O–H groups in total. The summed E-state index contributed by atoms with van der Waals surface area (Å²) in [5, 5.41) is 14.0. The van der Waals surface area contributed by atoms with Crippen LogP contribution in [-0.2, 0) is 9.59 Å². The minimum absolute atomic E-state index is 0.128. The number of carbonyl (C=O) groups is 2. The summed E-state index contributed by atoms with van der Waals surface area (Å²) in [5.41, 5.74) is 0.357. The second-order valence-corrected chi connectivity index (χ2v) is 4.80. The van der Waals surface area contributed by atoms with Gasteiger partial charge in [0.05, 0.1) is 10.6 Å². The maximum absolute atomic E-state index is 12.0. The highest BCUT2D eigenvalue weighted by molar-refractivity contribution is 6.21. The third kappa shape index (κ3) is 2.76. The Kier molecular flexibility index (Phi) is 4.02. The summed E-state index contributed by atoms with van der Waals surface area (Å²) >= 11 is 0. The van der Waals surface area contributed by atoms with Crippen molar-refractivity contribution in [2.75, 3.05) is 16.8 Å². The topological polar surface area (TPSA) is 92.6 Å². The molecule has 1 aromatic carbocycles. The average molecular weight is 289 g/mol. The molecule has 1 aromatic rings. The number of imide groups is 1. The van der Waals surface area contributed by atoms with Crippen LogP contribution in [0.2, 0.25) is 0 Å². The lowest BCUT2D eigenvalue weighted by Crippen LogP contribution is -2.30. The van der Waals surface area contributed by atoms with Crippen LogP contribution in [0, 0.1) is 16.0 Å². The highest BCUT2D eigenvalue weighted by atomic mass is 16.6. The first-order chi connectivity index (χ1) is 9.95. The molecule has 1 atom stereocenters. The van der Waals surface area contributed by atoms with E-state index in [4.69, 9.17) is 0 Å². The summed E-state index contributed by atoms with van der Waals surface area (Å²) < 4.78 is 0. The maximum Gasteiger partial charge on any atom is 0.294 e. The molecule has 0 aliphatic carbocycles. The third-order valence-electron chi connectivity index (χ3n) is 3.25. The molecule has 2 amide bonds. The van der Waals surface area contributed by atoms with Crippen LogP contribution in [-0.4, -0.2) is 23.3 Å². The lowest BCUT2D eigenvalue weighted by Gasteiger charge is -2.15. The molecular formula is C14H15N3O4. The van der Waals surface area contributed by atoms with Crippen molar-refractivity contribution in [3.63, 3.8) is 0 Å². The molecule has 1 aliphatic heterocycles. The summed E-state index contributed by atoms with van der Waals surface area (Å²) in [6.45, 7) is 5.56. The minimum Gasteiger partial charge on any atom is -0.376 e. The second-order valence-electron chi connectivity index (χ2n) is 4.80. The zero-order valence-corrected chi connectivity index (χ0v) is 11.5. The molecule has 0 spiro atoms. The van der Waals surface area contributed by atoms with Gasteiger partial charge in [0, 0.05) is 24.9 Å². The van der Waals surface area contributed by atoms with Crippen LogP contribution >= 0.6 is 0 Å². The molecule has 1 fully saturated rings. The summed E-state index contributed by atoms with van der Waals surface area (Å²) in [5.74, 6) is -1.06. The van der Waals surface area contributed by atoms with E-state index in [-0.39, 0.29) is 29.6 Å². The van der Waals surface area contributed by atoms with Gasteiger partial charge in [-0.15, -0.1) is 6.58 Å². The fourth-order valence-electron chi connectivity index (χ4n) is 2.20. The molecule has 0 aromatic heterocycles. The van der Waals surface area contributed by atoms with Crippen molar-refractivity contribution in [1.29, 1.82) is 0 Å². The number of amides is 2. The monoisotopic (exact) mass is 289 g/mol. The molecule has 2 rings (SSSR count). The Morgan fingerprint density at radius 1 is 1.52 bits per heavy atom. The van der Waals surface area contributed by atoms with Crippen molar-refractivity contribution >= 4 is 28.9 Å². The first-order valence-corrected chi connectivity index (χ1v) is 6.45. The lowest BCUT2D eigenvalue weighted by atomic mass is 10.1. The van der Waals surface area contributed by atoms with Crippen LogP contribution in [0.3, 0.4) is 0 Å². The molecular weight excluding hydrogens is 274 g/mol. The Labute approximate surface area is 121 Å². The fourth-order valence-corrected chi connectivity index (χ4v) is 2.20. The zero-order chi connectivity index (χ0) is 15.6. The number of rotatable bonds is 5. The maximum atomic E-state index is 12.0. The normalized spacial score (nSPS) is 18.0. The van der Waals surface area contributed by atoms with Crippen molar-refractivity contribution in [3.05, 3.63) is 41.0 Å². The SMILES string of the molecule is C=CCNc1ccc(N2C(=O)CC(C)C2=O)cc1[N+](=O)[O-]. The molecule has 1 saturated heterocycles. The number of hydrogen-bond acceptors (Lipinski definition) is 5. The molecule has 1 heterocycles. The van der Waals surface area contributed by atoms with Gasteiger partial charge in [-0.25, -0.2) is 0 Å². The zero-order valence-electron chi connectivity index (χ0n) is 11.5. The Balaban J connectivity index is 2.40. The van der Waals surface area contributed by atoms with Gasteiger partial charge >= 0.3 is 0 Å². The summed E-state index contributed by atoms with van der Waals surface area (Å²) in [6, 6.07) is 4.24. The van der Waals surface area contributed by atoms with Crippen LogP contribution in [0.5, 0.6) is 0 Å². The summed E-state index contributed by atoms with van der Waals surface area (Å²) in [7, 11) is 0. The van der Waals surface area contributed by atoms with Crippen LogP contribution in [0.15, 0.2) is 30.9 Å². The van der Waals surface area contributed by atoms with Gasteiger partial charge in [-0.3, -0.25) is 24.6 Å². The van der Waals surface area contributed by atoms with E-state index in [1.54, 1.807) is 13.0 Å². The third-order valence-corrected chi connectivity index (χ3v) is 3.25. The van der Waals surface area contributed by atoms with Crippen LogP contribution < -0.4 is 10.2 Å². The van der Waals surface area contributed by atoms with Crippen LogP contribution in [0.4, 0.5) is 17.1 Å². The first kappa shape index (κ1) is 14.7. The molecule has 0 radical (unpaired) electrons. The minimum atomic E-state index is -0.552. The van der Waals surface area contributed by atoms with Gasteiger partial charge in [-0.05, 0) is 12.1 Å². The number of carbonyl (C=O) groups excluding carboxylic acids is 2. The number of nitrogens with one attached hydrogen (secondary N) is 1. The molecule has 21 heavy (non-hydrogen) atoms. The van der Waals surface area contributed by atoms with E-state index in [0.29, 0.717) is 12.2 Å². The van der Waals surface area contributed by atoms with E-state index in [2.05, 4.69) is 11.9 Å². The number of nitro benzene ring substituents is 1. The van der Waals surface area contributed by atoms with E-state index < -0.39 is 10.8 Å². The Morgan fingerprint density at radius 3 is 2.76 bits per heavy atom. The van der Waals surface area contributed by atoms with Gasteiger partial charge in [0.15, 0.2) is 0 Å². The second kappa shape index (κ2) is 5.74. The Hall–Kier alpha value is -2.70. The van der Waals surface area contributed by atoms with Gasteiger partial charge in [0.2, 0.25) is 11.8 Å². The predicted octanol–water partition coefficient (Wildman–Crippen LogP) is 2.09. The molecule has 1 unspecified atom stereocenters. The van der Waals surface area contributed by atoms with Gasteiger partial charge in [0.25, 0.3) is 5.69 Å². The number of nitro groups is 1. The first-order valence-electron chi connectivity index (χ1n) is 6.45. The predicted molar refractivity (Wildman–Crippen MR) is 78.1 cm³/mol. The van der Waals surface area contributed by atoms with Gasteiger partial charge in [-0.2, -0.15) is 0 Å². The van der Waals surface area contributed by atoms with E-state index in [9.17, 15) is 19.7 Å². The smallest absolute Gasteiger partial charge is 0.294 e. The molecule has 0 bridgehead atoms. The van der Waals surface area contributed by atoms with Crippen molar-refractivity contribution < 1.29 is 14.5 Å². The lowest BCUT2D eigenvalue weighted by molar-refractivity contribution is -0.383. The highest BCUT2D eigenvalue weighted by Crippen LogP contribution is 2.33. The molecule has 110 valence electrons. The number of anilines is 2. The quantitative estimate of drug-likeness (QED) is 0.388. The van der Waals surface area contributed by atoms with Gasteiger partial charge < -0.3 is 5.32 Å². The van der Waals surface area contributed by atoms with Gasteiger partial charge in [0.1, 0.15) is 5.69 Å². The van der Waals surface area contributed by atoms with Crippen molar-refractivity contribution in [1.82, 2.24) is 0 Å². The average Bonchev–Trinajstić information content (AvgIpc) is 2.70. The molecule has 0 saturated carbocycles. The van der Waals surface area contributed by atoms with Gasteiger partial charge in [-0.1, -0.05) is 13.0 Å². The van der Waals surface area contributed by atoms with E-state index in [0.717, 1.165) is 4.90 Å². The standard InChI is InChI=1S/C14H15N3O4/c1-3-6-15-11-5-4-10(8-12(11)17(20)21)16-13(18)7-9(2)14(16)19/h3-5,8-9,15H,1,6-7H2,2H3. The van der Waals surface area contributed by atoms with Crippen molar-refractivity contribution in [2.45, 2.75) is 13.3 Å². The van der Waals surface area contributed by atoms with Crippen molar-refractivity contribution in [3.8, 4) is 0 Å². The fraction of sp³-hybridized carbons (Fsp3) is 0.286. The molecule has 1 aliphatic rings. The Morgan fingerprint density at radius 2 is 2.24 bits per heavy atom. The molecule has 7 heteroatoms. The Bertz CT molecular complexity index is 627. The van der Waals surface area contributed by atoms with Crippen LogP contribution in [0.1, 0.15) is 13.3 Å². The number of hydrogen-bond donors (Lipinski definition) is 1.